The lowest BCUT2D eigenvalue weighted by Gasteiger charge is -2.14. The Hall–Kier alpha value is -3.48. The van der Waals surface area contributed by atoms with E-state index in [4.69, 9.17) is 0 Å². The molecule has 0 fully saturated rings. The van der Waals surface area contributed by atoms with Crippen molar-refractivity contribution in [2.45, 2.75) is 27.3 Å². The zero-order valence-corrected chi connectivity index (χ0v) is 15.2. The number of amides is 1. The van der Waals surface area contributed by atoms with Gasteiger partial charge in [0.15, 0.2) is 0 Å². The molecule has 0 saturated carbocycles. The maximum absolute atomic E-state index is 12.6. The fourth-order valence-corrected chi connectivity index (χ4v) is 3.19. The second-order valence-corrected chi connectivity index (χ2v) is 6.47. The first-order chi connectivity index (χ1) is 12.8. The minimum absolute atomic E-state index is 0.169. The molecule has 0 unspecified atom stereocenters. The molecule has 0 aliphatic carbocycles. The van der Waals surface area contributed by atoms with Crippen molar-refractivity contribution in [2.24, 2.45) is 0 Å². The highest BCUT2D eigenvalue weighted by atomic mass is 16.4. The third-order valence-corrected chi connectivity index (χ3v) is 4.30. The van der Waals surface area contributed by atoms with Crippen molar-refractivity contribution in [3.63, 3.8) is 0 Å². The molecule has 1 N–H and O–H groups in total. The number of nitrogens with one attached hydrogen (secondary N) is 1. The Kier molecular flexibility index (Phi) is 4.77. The van der Waals surface area contributed by atoms with Crippen LogP contribution < -0.4 is 16.0 Å². The van der Waals surface area contributed by atoms with Crippen LogP contribution in [0.25, 0.3) is 10.8 Å². The van der Waals surface area contributed by atoms with Crippen LogP contribution in [-0.2, 0) is 11.3 Å². The SMILES string of the molecule is Cc1cc(C)c(NC(=O)Cn2nc(C(=O)[O-])c3ccccc3c2=O)c(C)c1. The van der Waals surface area contributed by atoms with Gasteiger partial charge in [-0.3, -0.25) is 9.59 Å². The molecule has 0 spiro atoms. The first-order valence-electron chi connectivity index (χ1n) is 8.37. The molecule has 0 saturated heterocycles. The van der Waals surface area contributed by atoms with Crippen molar-refractivity contribution in [3.8, 4) is 0 Å². The van der Waals surface area contributed by atoms with Gasteiger partial charge in [0.05, 0.1) is 11.4 Å². The van der Waals surface area contributed by atoms with Crippen LogP contribution in [0, 0.1) is 20.8 Å². The molecule has 2 aromatic carbocycles. The molecule has 7 heteroatoms. The number of anilines is 1. The second kappa shape index (κ2) is 7.03. The summed E-state index contributed by atoms with van der Waals surface area (Å²) in [5.74, 6) is -1.98. The van der Waals surface area contributed by atoms with E-state index in [9.17, 15) is 19.5 Å². The van der Waals surface area contributed by atoms with Crippen LogP contribution in [0.1, 0.15) is 27.2 Å². The Morgan fingerprint density at radius 2 is 1.67 bits per heavy atom. The average Bonchev–Trinajstić information content (AvgIpc) is 2.60. The molecule has 1 aromatic heterocycles. The summed E-state index contributed by atoms with van der Waals surface area (Å²) >= 11 is 0. The van der Waals surface area contributed by atoms with Gasteiger partial charge in [0, 0.05) is 11.1 Å². The van der Waals surface area contributed by atoms with Crippen molar-refractivity contribution in [3.05, 3.63) is 69.1 Å². The molecule has 1 amide bonds. The number of aromatic nitrogens is 2. The van der Waals surface area contributed by atoms with E-state index in [1.54, 1.807) is 12.1 Å². The van der Waals surface area contributed by atoms with Crippen molar-refractivity contribution in [1.82, 2.24) is 9.78 Å². The molecule has 138 valence electrons. The minimum atomic E-state index is -1.51. The molecule has 3 aromatic rings. The van der Waals surface area contributed by atoms with Crippen molar-refractivity contribution >= 4 is 28.3 Å². The molecule has 0 radical (unpaired) electrons. The zero-order valence-electron chi connectivity index (χ0n) is 15.2. The number of hydrogen-bond acceptors (Lipinski definition) is 5. The maximum Gasteiger partial charge on any atom is 0.275 e. The van der Waals surface area contributed by atoms with E-state index in [2.05, 4.69) is 10.4 Å². The predicted molar refractivity (Wildman–Crippen MR) is 99.6 cm³/mol. The zero-order chi connectivity index (χ0) is 19.7. The Morgan fingerprint density at radius 3 is 2.26 bits per heavy atom. The standard InChI is InChI=1S/C20H19N3O4/c1-11-8-12(2)17(13(3)9-11)21-16(24)10-23-19(25)15-7-5-4-6-14(15)18(22-23)20(26)27/h4-9H,10H2,1-3H3,(H,21,24)(H,26,27)/p-1. The number of hydrogen-bond donors (Lipinski definition) is 1. The number of aryl methyl sites for hydroxylation is 3. The molecule has 1 heterocycles. The molecular weight excluding hydrogens is 346 g/mol. The van der Waals surface area contributed by atoms with Gasteiger partial charge in [-0.15, -0.1) is 0 Å². The first kappa shape index (κ1) is 18.3. The number of benzene rings is 2. The number of nitrogens with zero attached hydrogens (tertiary/aromatic N) is 2. The van der Waals surface area contributed by atoms with E-state index >= 15 is 0 Å². The van der Waals surface area contributed by atoms with Crippen LogP contribution in [0.3, 0.4) is 0 Å². The molecule has 27 heavy (non-hydrogen) atoms. The number of rotatable bonds is 4. The topological polar surface area (TPSA) is 104 Å². The molecule has 7 nitrogen and oxygen atoms in total. The fourth-order valence-electron chi connectivity index (χ4n) is 3.19. The van der Waals surface area contributed by atoms with Gasteiger partial charge in [-0.05, 0) is 38.0 Å². The number of carboxylic acid groups (broad SMARTS) is 1. The van der Waals surface area contributed by atoms with E-state index in [1.165, 1.54) is 12.1 Å². The van der Waals surface area contributed by atoms with E-state index in [0.717, 1.165) is 21.4 Å². The van der Waals surface area contributed by atoms with E-state index in [1.807, 2.05) is 32.9 Å². The Labute approximate surface area is 155 Å². The number of aromatic carboxylic acids is 1. The number of fused-ring (bicyclic) bond motifs is 1. The Balaban J connectivity index is 1.97. The Bertz CT molecular complexity index is 1110. The average molecular weight is 364 g/mol. The van der Waals surface area contributed by atoms with Crippen LogP contribution in [0.5, 0.6) is 0 Å². The summed E-state index contributed by atoms with van der Waals surface area (Å²) in [6, 6.07) is 10.1. The molecule has 0 aliphatic heterocycles. The first-order valence-corrected chi connectivity index (χ1v) is 8.37. The summed E-state index contributed by atoms with van der Waals surface area (Å²) in [6.07, 6.45) is 0. The molecule has 0 atom stereocenters. The molecule has 0 bridgehead atoms. The monoisotopic (exact) mass is 364 g/mol. The third-order valence-electron chi connectivity index (χ3n) is 4.30. The van der Waals surface area contributed by atoms with Crippen molar-refractivity contribution < 1.29 is 14.7 Å². The van der Waals surface area contributed by atoms with Gasteiger partial charge in [0.1, 0.15) is 12.2 Å². The smallest absolute Gasteiger partial charge is 0.275 e. The highest BCUT2D eigenvalue weighted by Crippen LogP contribution is 2.22. The summed E-state index contributed by atoms with van der Waals surface area (Å²) in [5, 5.41) is 18.3. The summed E-state index contributed by atoms with van der Waals surface area (Å²) in [4.78, 5) is 36.4. The lowest BCUT2D eigenvalue weighted by atomic mass is 10.1. The highest BCUT2D eigenvalue weighted by Gasteiger charge is 2.15. The normalized spacial score (nSPS) is 10.8. The summed E-state index contributed by atoms with van der Waals surface area (Å²) in [7, 11) is 0. The lowest BCUT2D eigenvalue weighted by molar-refractivity contribution is -0.255. The van der Waals surface area contributed by atoms with Crippen LogP contribution in [0.4, 0.5) is 5.69 Å². The second-order valence-electron chi connectivity index (χ2n) is 6.47. The van der Waals surface area contributed by atoms with Crippen molar-refractivity contribution in [2.75, 3.05) is 5.32 Å². The largest absolute Gasteiger partial charge is 0.543 e. The fraction of sp³-hybridized carbons (Fsp3) is 0.200. The predicted octanol–water partition coefficient (Wildman–Crippen LogP) is 1.32. The summed E-state index contributed by atoms with van der Waals surface area (Å²) in [5.41, 5.74) is 2.63. The van der Waals surface area contributed by atoms with Gasteiger partial charge >= 0.3 is 0 Å². The van der Waals surface area contributed by atoms with E-state index in [-0.39, 0.29) is 16.5 Å². The molecule has 0 aliphatic rings. The van der Waals surface area contributed by atoms with E-state index in [0.29, 0.717) is 5.69 Å². The quantitative estimate of drug-likeness (QED) is 0.752. The van der Waals surface area contributed by atoms with Gasteiger partial charge in [-0.2, -0.15) is 5.10 Å². The van der Waals surface area contributed by atoms with Gasteiger partial charge in [-0.25, -0.2) is 4.68 Å². The summed E-state index contributed by atoms with van der Waals surface area (Å²) < 4.78 is 0.849. The van der Waals surface area contributed by atoms with Gasteiger partial charge in [-0.1, -0.05) is 35.9 Å². The molecule has 3 rings (SSSR count). The van der Waals surface area contributed by atoms with E-state index < -0.39 is 24.0 Å². The van der Waals surface area contributed by atoms with Crippen molar-refractivity contribution in [1.29, 1.82) is 0 Å². The lowest BCUT2D eigenvalue weighted by Crippen LogP contribution is -2.34. The highest BCUT2D eigenvalue weighted by molar-refractivity contribution is 6.00. The number of carboxylic acids is 1. The van der Waals surface area contributed by atoms with Crippen LogP contribution in [-0.4, -0.2) is 21.7 Å². The number of carbonyl (C=O) groups excluding carboxylic acids is 2. The Morgan fingerprint density at radius 1 is 1.07 bits per heavy atom. The van der Waals surface area contributed by atoms with Crippen LogP contribution >= 0.6 is 0 Å². The van der Waals surface area contributed by atoms with Crippen LogP contribution in [0.15, 0.2) is 41.2 Å². The van der Waals surface area contributed by atoms with Crippen LogP contribution in [0.2, 0.25) is 0 Å². The van der Waals surface area contributed by atoms with Gasteiger partial charge < -0.3 is 15.2 Å². The van der Waals surface area contributed by atoms with Gasteiger partial charge in [0.2, 0.25) is 5.91 Å². The summed E-state index contributed by atoms with van der Waals surface area (Å²) in [6.45, 7) is 5.32. The maximum atomic E-state index is 12.6. The number of carbonyl (C=O) groups is 2. The van der Waals surface area contributed by atoms with Gasteiger partial charge in [0.25, 0.3) is 5.56 Å². The third kappa shape index (κ3) is 3.57. The minimum Gasteiger partial charge on any atom is -0.543 e. The molecular formula is C20H18N3O4-.